The molecule has 7 heteroatoms. The van der Waals surface area contributed by atoms with Gasteiger partial charge in [-0.1, -0.05) is 12.1 Å². The number of nitrogens with one attached hydrogen (secondary N) is 2. The highest BCUT2D eigenvalue weighted by Crippen LogP contribution is 2.45. The van der Waals surface area contributed by atoms with Crippen molar-refractivity contribution in [2.75, 3.05) is 5.32 Å². The summed E-state index contributed by atoms with van der Waals surface area (Å²) in [5.41, 5.74) is 10.5. The number of nitrogens with zero attached hydrogens (tertiary/aromatic N) is 2. The van der Waals surface area contributed by atoms with Gasteiger partial charge in [0.25, 0.3) is 0 Å². The number of fused-ring (bicyclic) bond motifs is 1. The van der Waals surface area contributed by atoms with E-state index in [0.717, 1.165) is 53.8 Å². The standard InChI is InChI=1S/C20H21N5O2/c1-10-18(23-11-5-6-11)25-16-12(3-2-4-14(16)22-10)15-9-13(19(26)27)17(24-15)20(21)7-8-20/h2-4,9,11,24H,5-8,21H2,1H3,(H,23,25)(H,26,27). The molecule has 2 aromatic heterocycles. The Morgan fingerprint density at radius 3 is 2.78 bits per heavy atom. The number of aromatic carboxylic acids is 1. The van der Waals surface area contributed by atoms with Crippen molar-refractivity contribution in [2.45, 2.75) is 44.2 Å². The summed E-state index contributed by atoms with van der Waals surface area (Å²) < 4.78 is 0. The van der Waals surface area contributed by atoms with E-state index >= 15 is 0 Å². The van der Waals surface area contributed by atoms with Crippen molar-refractivity contribution in [1.29, 1.82) is 0 Å². The monoisotopic (exact) mass is 363 g/mol. The Morgan fingerprint density at radius 2 is 2.11 bits per heavy atom. The van der Waals surface area contributed by atoms with Crippen molar-refractivity contribution >= 4 is 22.8 Å². The number of carboxylic acids is 1. The molecule has 3 aromatic rings. The number of H-pyrrole nitrogens is 1. The highest BCUT2D eigenvalue weighted by molar-refractivity contribution is 5.96. The minimum Gasteiger partial charge on any atom is -0.478 e. The molecule has 5 rings (SSSR count). The first kappa shape index (κ1) is 16.3. The molecule has 2 aliphatic carbocycles. The summed E-state index contributed by atoms with van der Waals surface area (Å²) in [6.07, 6.45) is 3.89. The number of aryl methyl sites for hydroxylation is 1. The van der Waals surface area contributed by atoms with E-state index < -0.39 is 11.5 Å². The van der Waals surface area contributed by atoms with E-state index in [9.17, 15) is 9.90 Å². The van der Waals surface area contributed by atoms with Crippen LogP contribution >= 0.6 is 0 Å². The Hall–Kier alpha value is -2.93. The number of benzene rings is 1. The van der Waals surface area contributed by atoms with E-state index in [1.807, 2.05) is 25.1 Å². The Balaban J connectivity index is 1.67. The summed E-state index contributed by atoms with van der Waals surface area (Å²) in [5.74, 6) is -0.178. The van der Waals surface area contributed by atoms with Crippen molar-refractivity contribution in [3.63, 3.8) is 0 Å². The van der Waals surface area contributed by atoms with E-state index in [-0.39, 0.29) is 5.56 Å². The minimum atomic E-state index is -0.970. The van der Waals surface area contributed by atoms with E-state index in [0.29, 0.717) is 17.4 Å². The predicted octanol–water partition coefficient (Wildman–Crippen LogP) is 3.15. The van der Waals surface area contributed by atoms with Crippen LogP contribution < -0.4 is 11.1 Å². The number of carbonyl (C=O) groups is 1. The fraction of sp³-hybridized carbons (Fsp3) is 0.350. The van der Waals surface area contributed by atoms with Crippen LogP contribution in [-0.2, 0) is 5.54 Å². The maximum absolute atomic E-state index is 11.7. The van der Waals surface area contributed by atoms with Crippen LogP contribution in [0.4, 0.5) is 5.82 Å². The summed E-state index contributed by atoms with van der Waals surface area (Å²) in [4.78, 5) is 24.5. The molecule has 2 heterocycles. The predicted molar refractivity (Wildman–Crippen MR) is 103 cm³/mol. The number of anilines is 1. The van der Waals surface area contributed by atoms with Gasteiger partial charge in [-0.15, -0.1) is 0 Å². The van der Waals surface area contributed by atoms with Gasteiger partial charge >= 0.3 is 5.97 Å². The number of hydrogen-bond donors (Lipinski definition) is 4. The number of hydrogen-bond acceptors (Lipinski definition) is 5. The average Bonchev–Trinajstić information content (AvgIpc) is 3.55. The van der Waals surface area contributed by atoms with Crippen molar-refractivity contribution in [3.05, 3.63) is 41.2 Å². The molecule has 0 spiro atoms. The van der Waals surface area contributed by atoms with Gasteiger partial charge in [-0.3, -0.25) is 0 Å². The van der Waals surface area contributed by atoms with Gasteiger partial charge in [-0.25, -0.2) is 14.8 Å². The molecule has 0 atom stereocenters. The molecular weight excluding hydrogens is 342 g/mol. The van der Waals surface area contributed by atoms with Gasteiger partial charge in [0.05, 0.1) is 28.0 Å². The zero-order chi connectivity index (χ0) is 18.8. The summed E-state index contributed by atoms with van der Waals surface area (Å²) in [5, 5.41) is 13.0. The number of para-hydroxylation sites is 1. The van der Waals surface area contributed by atoms with Crippen LogP contribution in [0.2, 0.25) is 0 Å². The molecular formula is C20H21N5O2. The molecule has 0 aliphatic heterocycles. The molecule has 138 valence electrons. The lowest BCUT2D eigenvalue weighted by Crippen LogP contribution is -2.22. The lowest BCUT2D eigenvalue weighted by molar-refractivity contribution is 0.0695. The second-order valence-electron chi connectivity index (χ2n) is 7.68. The molecule has 0 radical (unpaired) electrons. The molecule has 27 heavy (non-hydrogen) atoms. The van der Waals surface area contributed by atoms with Gasteiger partial charge in [0, 0.05) is 17.3 Å². The Labute approximate surface area is 156 Å². The van der Waals surface area contributed by atoms with Crippen LogP contribution in [0.5, 0.6) is 0 Å². The molecule has 7 nitrogen and oxygen atoms in total. The summed E-state index contributed by atoms with van der Waals surface area (Å²) in [6.45, 7) is 1.95. The second-order valence-corrected chi connectivity index (χ2v) is 7.68. The molecule has 0 bridgehead atoms. The van der Waals surface area contributed by atoms with E-state index in [2.05, 4.69) is 15.3 Å². The van der Waals surface area contributed by atoms with Gasteiger partial charge in [0.15, 0.2) is 0 Å². The van der Waals surface area contributed by atoms with Gasteiger partial charge in [0.2, 0.25) is 0 Å². The Kier molecular flexibility index (Phi) is 3.33. The third kappa shape index (κ3) is 2.75. The number of carboxylic acid groups (broad SMARTS) is 1. The Bertz CT molecular complexity index is 1080. The van der Waals surface area contributed by atoms with Crippen molar-refractivity contribution < 1.29 is 9.90 Å². The van der Waals surface area contributed by atoms with E-state index in [4.69, 9.17) is 10.7 Å². The number of aromatic amines is 1. The molecule has 0 amide bonds. The second kappa shape index (κ2) is 5.53. The molecule has 0 saturated heterocycles. The zero-order valence-electron chi connectivity index (χ0n) is 15.0. The molecule has 1 aromatic carbocycles. The maximum atomic E-state index is 11.7. The largest absolute Gasteiger partial charge is 0.478 e. The molecule has 2 saturated carbocycles. The fourth-order valence-corrected chi connectivity index (χ4v) is 3.49. The topological polar surface area (TPSA) is 117 Å². The zero-order valence-corrected chi connectivity index (χ0v) is 15.0. The van der Waals surface area contributed by atoms with E-state index in [1.165, 1.54) is 0 Å². The fourth-order valence-electron chi connectivity index (χ4n) is 3.49. The SMILES string of the molecule is Cc1nc2cccc(-c3cc(C(=O)O)c(C4(N)CC4)[nH]3)c2nc1NC1CC1. The number of nitrogens with two attached hydrogens (primary N) is 1. The third-order valence-corrected chi connectivity index (χ3v) is 5.41. The molecule has 2 fully saturated rings. The first-order chi connectivity index (χ1) is 12.9. The van der Waals surface area contributed by atoms with Crippen LogP contribution in [0.1, 0.15) is 47.4 Å². The lowest BCUT2D eigenvalue weighted by atomic mass is 10.1. The minimum absolute atomic E-state index is 0.235. The molecule has 0 unspecified atom stereocenters. The smallest absolute Gasteiger partial charge is 0.337 e. The van der Waals surface area contributed by atoms with Gasteiger partial charge < -0.3 is 21.1 Å². The summed E-state index contributed by atoms with van der Waals surface area (Å²) in [6, 6.07) is 7.91. The molecule has 2 aliphatic rings. The third-order valence-electron chi connectivity index (χ3n) is 5.41. The summed E-state index contributed by atoms with van der Waals surface area (Å²) >= 11 is 0. The van der Waals surface area contributed by atoms with Crippen molar-refractivity contribution in [1.82, 2.24) is 15.0 Å². The quantitative estimate of drug-likeness (QED) is 0.553. The van der Waals surface area contributed by atoms with Gasteiger partial charge in [-0.05, 0) is 44.7 Å². The average molecular weight is 363 g/mol. The first-order valence-electron chi connectivity index (χ1n) is 9.24. The van der Waals surface area contributed by atoms with Crippen LogP contribution in [0.25, 0.3) is 22.3 Å². The normalized spacial score (nSPS) is 17.9. The van der Waals surface area contributed by atoms with Gasteiger partial charge in [-0.2, -0.15) is 0 Å². The van der Waals surface area contributed by atoms with Crippen molar-refractivity contribution in [2.24, 2.45) is 5.73 Å². The molecule has 5 N–H and O–H groups in total. The number of aromatic nitrogens is 3. The highest BCUT2D eigenvalue weighted by Gasteiger charge is 2.44. The van der Waals surface area contributed by atoms with E-state index in [1.54, 1.807) is 6.07 Å². The van der Waals surface area contributed by atoms with Crippen LogP contribution in [0.3, 0.4) is 0 Å². The highest BCUT2D eigenvalue weighted by atomic mass is 16.4. The van der Waals surface area contributed by atoms with Crippen LogP contribution in [-0.4, -0.2) is 32.1 Å². The lowest BCUT2D eigenvalue weighted by Gasteiger charge is -2.11. The maximum Gasteiger partial charge on any atom is 0.337 e. The first-order valence-corrected chi connectivity index (χ1v) is 9.24. The van der Waals surface area contributed by atoms with Crippen LogP contribution in [0, 0.1) is 6.92 Å². The van der Waals surface area contributed by atoms with Crippen molar-refractivity contribution in [3.8, 4) is 11.3 Å². The van der Waals surface area contributed by atoms with Gasteiger partial charge in [0.1, 0.15) is 11.3 Å². The number of rotatable bonds is 5. The van der Waals surface area contributed by atoms with Crippen LogP contribution in [0.15, 0.2) is 24.3 Å². The summed E-state index contributed by atoms with van der Waals surface area (Å²) in [7, 11) is 0. The Morgan fingerprint density at radius 1 is 1.33 bits per heavy atom.